The molecule has 0 fully saturated rings. The zero-order chi connectivity index (χ0) is 25.4. The normalized spacial score (nSPS) is 12.8. The van der Waals surface area contributed by atoms with Gasteiger partial charge < -0.3 is 4.74 Å². The summed E-state index contributed by atoms with van der Waals surface area (Å²) in [6.45, 7) is -1.05. The third kappa shape index (κ3) is 5.88. The Bertz CT molecular complexity index is 1090. The van der Waals surface area contributed by atoms with Crippen LogP contribution in [0.3, 0.4) is 0 Å². The molecular formula is C25H25F3O5S2. The number of ether oxygens (including phenoxy) is 1. The summed E-state index contributed by atoms with van der Waals surface area (Å²) in [5.41, 5.74) is 0. The second kappa shape index (κ2) is 11.7. The average Bonchev–Trinajstić information content (AvgIpc) is 2.88. The zero-order valence-corrected chi connectivity index (χ0v) is 20.3. The van der Waals surface area contributed by atoms with Crippen molar-refractivity contribution in [1.29, 1.82) is 0 Å². The van der Waals surface area contributed by atoms with E-state index in [0.29, 0.717) is 21.1 Å². The molecule has 0 bridgehead atoms. The van der Waals surface area contributed by atoms with Crippen molar-refractivity contribution in [2.24, 2.45) is 0 Å². The minimum atomic E-state index is -5.84. The second-order valence-corrected chi connectivity index (χ2v) is 11.9. The van der Waals surface area contributed by atoms with Crippen molar-refractivity contribution in [3.8, 4) is 0 Å². The maximum Gasteiger partial charge on any atom is 0.466 e. The van der Waals surface area contributed by atoms with Crippen molar-refractivity contribution >= 4 is 26.4 Å². The Labute approximate surface area is 204 Å². The highest BCUT2D eigenvalue weighted by molar-refractivity contribution is 8.33. The minimum Gasteiger partial charge on any atom is -0.460 e. The van der Waals surface area contributed by atoms with Crippen molar-refractivity contribution in [2.75, 3.05) is 13.3 Å². The Balaban J connectivity index is 2.07. The zero-order valence-electron chi connectivity index (χ0n) is 18.7. The molecule has 3 rings (SSSR count). The Kier molecular flexibility index (Phi) is 8.98. The maximum atomic E-state index is 15.0. The number of esters is 1. The van der Waals surface area contributed by atoms with E-state index in [0.717, 1.165) is 0 Å². The van der Waals surface area contributed by atoms with E-state index in [9.17, 15) is 17.6 Å². The first-order valence-corrected chi connectivity index (χ1v) is 13.8. The molecule has 10 heteroatoms. The third-order valence-corrected chi connectivity index (χ3v) is 10.1. The van der Waals surface area contributed by atoms with Gasteiger partial charge in [-0.3, -0.25) is 4.39 Å². The first-order chi connectivity index (χ1) is 16.8. The van der Waals surface area contributed by atoms with Gasteiger partial charge >= 0.3 is 21.3 Å². The van der Waals surface area contributed by atoms with Crippen LogP contribution in [0.15, 0.2) is 106 Å². The van der Waals surface area contributed by atoms with Crippen LogP contribution in [0.2, 0.25) is 0 Å². The van der Waals surface area contributed by atoms with Crippen LogP contribution in [-0.2, 0) is 23.3 Å². The standard InChI is InChI=1S/C25H25F3O5S2/c26-19-11-4-12-20-32-24(29)25(27,28)35(30,31)33-34(21-13-5-1-6-14-21,22-15-7-2-8-16-22)23-17-9-3-10-18-23/h1-3,5-10,13-18H,4,11-12,19-20H2. The van der Waals surface area contributed by atoms with E-state index < -0.39 is 44.9 Å². The van der Waals surface area contributed by atoms with Crippen LogP contribution in [0.4, 0.5) is 13.2 Å². The van der Waals surface area contributed by atoms with Gasteiger partial charge in [0.15, 0.2) is 0 Å². The van der Waals surface area contributed by atoms with Crippen molar-refractivity contribution in [2.45, 2.75) is 39.2 Å². The van der Waals surface area contributed by atoms with E-state index >= 15 is 8.78 Å². The van der Waals surface area contributed by atoms with Crippen LogP contribution in [0.1, 0.15) is 19.3 Å². The van der Waals surface area contributed by atoms with Gasteiger partial charge in [-0.15, -0.1) is 0 Å². The summed E-state index contributed by atoms with van der Waals surface area (Å²) in [6.07, 6.45) is 0.619. The number of hydrogen-bond donors (Lipinski definition) is 0. The smallest absolute Gasteiger partial charge is 0.460 e. The van der Waals surface area contributed by atoms with Crippen LogP contribution in [0.25, 0.3) is 0 Å². The summed E-state index contributed by atoms with van der Waals surface area (Å²) < 4.78 is 78.3. The Morgan fingerprint density at radius 1 is 0.714 bits per heavy atom. The topological polar surface area (TPSA) is 69.7 Å². The number of hydrogen-bond acceptors (Lipinski definition) is 5. The summed E-state index contributed by atoms with van der Waals surface area (Å²) in [4.78, 5) is 13.2. The molecule has 188 valence electrons. The molecule has 0 saturated heterocycles. The molecule has 0 amide bonds. The predicted octanol–water partition coefficient (Wildman–Crippen LogP) is 6.51. The lowest BCUT2D eigenvalue weighted by Crippen LogP contribution is -2.41. The SMILES string of the molecule is O=C(OCCCCCF)C(F)(F)S(=O)(=O)OS(c1ccccc1)(c1ccccc1)c1ccccc1. The lowest BCUT2D eigenvalue weighted by atomic mass is 10.3. The van der Waals surface area contributed by atoms with Crippen LogP contribution in [0, 0.1) is 0 Å². The Hall–Kier alpha value is -2.82. The van der Waals surface area contributed by atoms with Crippen LogP contribution >= 0.6 is 10.3 Å². The predicted molar refractivity (Wildman–Crippen MR) is 127 cm³/mol. The molecule has 0 aromatic heterocycles. The number of benzene rings is 3. The van der Waals surface area contributed by atoms with E-state index in [1.165, 1.54) is 0 Å². The highest BCUT2D eigenvalue weighted by atomic mass is 32.3. The number of carbonyl (C=O) groups is 1. The van der Waals surface area contributed by atoms with Crippen molar-refractivity contribution in [3.63, 3.8) is 0 Å². The van der Waals surface area contributed by atoms with Crippen molar-refractivity contribution in [3.05, 3.63) is 91.0 Å². The van der Waals surface area contributed by atoms with Gasteiger partial charge in [-0.2, -0.15) is 17.2 Å². The Morgan fingerprint density at radius 3 is 1.54 bits per heavy atom. The third-order valence-electron chi connectivity index (χ3n) is 4.98. The van der Waals surface area contributed by atoms with Crippen LogP contribution in [0.5, 0.6) is 0 Å². The van der Waals surface area contributed by atoms with Crippen molar-refractivity contribution in [1.82, 2.24) is 0 Å². The molecule has 0 atom stereocenters. The first kappa shape index (κ1) is 26.8. The largest absolute Gasteiger partial charge is 0.466 e. The highest BCUT2D eigenvalue weighted by Gasteiger charge is 2.58. The fourth-order valence-electron chi connectivity index (χ4n) is 3.26. The van der Waals surface area contributed by atoms with E-state index in [4.69, 9.17) is 3.63 Å². The van der Waals surface area contributed by atoms with Gasteiger partial charge in [0.05, 0.1) is 13.3 Å². The second-order valence-electron chi connectivity index (χ2n) is 7.42. The number of alkyl halides is 3. The monoisotopic (exact) mass is 526 g/mol. The molecule has 0 unspecified atom stereocenters. The molecule has 0 heterocycles. The summed E-state index contributed by atoms with van der Waals surface area (Å²) in [5.74, 6) is -2.24. The minimum absolute atomic E-state index is 0.125. The molecular weight excluding hydrogens is 501 g/mol. The fourth-order valence-corrected chi connectivity index (χ4v) is 8.32. The molecule has 0 aliphatic heterocycles. The molecule has 3 aromatic rings. The molecule has 35 heavy (non-hydrogen) atoms. The lowest BCUT2D eigenvalue weighted by molar-refractivity contribution is -0.161. The summed E-state index contributed by atoms with van der Waals surface area (Å²) in [5, 5.41) is -4.97. The quantitative estimate of drug-likeness (QED) is 0.199. The van der Waals surface area contributed by atoms with Gasteiger partial charge in [-0.05, 0) is 66.0 Å². The maximum absolute atomic E-state index is 15.0. The van der Waals surface area contributed by atoms with Gasteiger partial charge in [0.25, 0.3) is 0 Å². The number of rotatable bonds is 12. The molecule has 0 aliphatic rings. The van der Waals surface area contributed by atoms with E-state index in [1.807, 2.05) is 0 Å². The Morgan fingerprint density at radius 2 is 1.14 bits per heavy atom. The van der Waals surface area contributed by atoms with Gasteiger partial charge in [0, 0.05) is 14.7 Å². The average molecular weight is 527 g/mol. The molecule has 0 spiro atoms. The van der Waals surface area contributed by atoms with Gasteiger partial charge in [0.1, 0.15) is 0 Å². The van der Waals surface area contributed by atoms with Crippen LogP contribution in [-0.4, -0.2) is 32.9 Å². The van der Waals surface area contributed by atoms with Gasteiger partial charge in [-0.1, -0.05) is 54.6 Å². The lowest BCUT2D eigenvalue weighted by Gasteiger charge is -2.39. The highest BCUT2D eigenvalue weighted by Crippen LogP contribution is 2.70. The molecule has 0 radical (unpaired) electrons. The molecule has 0 aliphatic carbocycles. The number of halogens is 3. The number of unbranched alkanes of at least 4 members (excludes halogenated alkanes) is 2. The van der Waals surface area contributed by atoms with E-state index in [-0.39, 0.29) is 12.8 Å². The number of carbonyl (C=O) groups excluding carboxylic acids is 1. The van der Waals surface area contributed by atoms with Gasteiger partial charge in [0.2, 0.25) is 0 Å². The molecule has 3 aromatic carbocycles. The van der Waals surface area contributed by atoms with E-state index in [1.54, 1.807) is 91.0 Å². The van der Waals surface area contributed by atoms with E-state index in [2.05, 4.69) is 4.74 Å². The summed E-state index contributed by atoms with van der Waals surface area (Å²) in [6, 6.07) is 24.5. The molecule has 5 nitrogen and oxygen atoms in total. The molecule has 0 saturated carbocycles. The summed E-state index contributed by atoms with van der Waals surface area (Å²) >= 11 is 0. The van der Waals surface area contributed by atoms with Crippen LogP contribution < -0.4 is 0 Å². The molecule has 0 N–H and O–H groups in total. The van der Waals surface area contributed by atoms with Gasteiger partial charge in [-0.25, -0.2) is 8.42 Å². The fraction of sp³-hybridized carbons (Fsp3) is 0.240. The van der Waals surface area contributed by atoms with Crippen molar-refractivity contribution < 1.29 is 34.7 Å². The summed E-state index contributed by atoms with van der Waals surface area (Å²) in [7, 11) is -9.10. The first-order valence-electron chi connectivity index (χ1n) is 10.8.